The van der Waals surface area contributed by atoms with E-state index in [4.69, 9.17) is 15.2 Å². The third-order valence-electron chi connectivity index (χ3n) is 3.01. The molecule has 0 bridgehead atoms. The maximum atomic E-state index is 12.6. The van der Waals surface area contributed by atoms with Gasteiger partial charge in [0.05, 0.1) is 19.8 Å². The van der Waals surface area contributed by atoms with Crippen molar-refractivity contribution >= 4 is 15.7 Å². The highest BCUT2D eigenvalue weighted by molar-refractivity contribution is 7.89. The number of nitrogens with two attached hydrogens (primary N) is 1. The van der Waals surface area contributed by atoms with Gasteiger partial charge >= 0.3 is 0 Å². The highest BCUT2D eigenvalue weighted by Gasteiger charge is 2.31. The van der Waals surface area contributed by atoms with Crippen LogP contribution >= 0.6 is 0 Å². The molecular weight excluding hydrogens is 268 g/mol. The molecule has 1 unspecified atom stereocenters. The first-order valence-electron chi connectivity index (χ1n) is 6.00. The summed E-state index contributed by atoms with van der Waals surface area (Å²) in [4.78, 5) is 0.137. The molecule has 7 heteroatoms. The summed E-state index contributed by atoms with van der Waals surface area (Å²) in [6, 6.07) is 4.54. The largest absolute Gasteiger partial charge is 0.495 e. The molecule has 1 aliphatic heterocycles. The van der Waals surface area contributed by atoms with E-state index in [-0.39, 0.29) is 16.7 Å². The van der Waals surface area contributed by atoms with Gasteiger partial charge in [-0.25, -0.2) is 8.42 Å². The van der Waals surface area contributed by atoms with Crippen molar-refractivity contribution in [2.24, 2.45) is 0 Å². The Morgan fingerprint density at radius 3 is 2.84 bits per heavy atom. The summed E-state index contributed by atoms with van der Waals surface area (Å²) in [6.45, 7) is 2.94. The number of rotatable bonds is 3. The molecule has 0 radical (unpaired) electrons. The molecule has 2 N–H and O–H groups in total. The molecule has 19 heavy (non-hydrogen) atoms. The van der Waals surface area contributed by atoms with Crippen molar-refractivity contribution in [2.45, 2.75) is 17.9 Å². The predicted octanol–water partition coefficient (Wildman–Crippen LogP) is 0.687. The van der Waals surface area contributed by atoms with E-state index in [2.05, 4.69) is 0 Å². The average molecular weight is 286 g/mol. The smallest absolute Gasteiger partial charge is 0.246 e. The fourth-order valence-electron chi connectivity index (χ4n) is 2.04. The fourth-order valence-corrected chi connectivity index (χ4v) is 3.68. The number of nitrogen functional groups attached to an aromatic ring is 1. The lowest BCUT2D eigenvalue weighted by atomic mass is 10.3. The first-order chi connectivity index (χ1) is 8.95. The van der Waals surface area contributed by atoms with Gasteiger partial charge in [0.2, 0.25) is 10.0 Å². The lowest BCUT2D eigenvalue weighted by molar-refractivity contribution is 0.0101. The summed E-state index contributed by atoms with van der Waals surface area (Å²) in [5, 5.41) is 0. The van der Waals surface area contributed by atoms with Crippen molar-refractivity contribution in [3.63, 3.8) is 0 Å². The first kappa shape index (κ1) is 14.1. The van der Waals surface area contributed by atoms with Crippen molar-refractivity contribution in [3.05, 3.63) is 18.2 Å². The molecular formula is C12H18N2O4S. The highest BCUT2D eigenvalue weighted by atomic mass is 32.2. The Labute approximate surface area is 113 Å². The van der Waals surface area contributed by atoms with E-state index in [1.54, 1.807) is 6.07 Å². The molecule has 1 fully saturated rings. The molecule has 1 aromatic carbocycles. The topological polar surface area (TPSA) is 81.9 Å². The minimum atomic E-state index is -3.58. The lowest BCUT2D eigenvalue weighted by Crippen LogP contribution is -2.44. The van der Waals surface area contributed by atoms with Crippen molar-refractivity contribution in [1.82, 2.24) is 4.31 Å². The zero-order valence-electron chi connectivity index (χ0n) is 11.0. The highest BCUT2D eigenvalue weighted by Crippen LogP contribution is 2.29. The van der Waals surface area contributed by atoms with Crippen LogP contribution in [0.25, 0.3) is 0 Å². The van der Waals surface area contributed by atoms with Gasteiger partial charge in [-0.15, -0.1) is 0 Å². The second-order valence-corrected chi connectivity index (χ2v) is 6.36. The summed E-state index contributed by atoms with van der Waals surface area (Å²) in [7, 11) is -2.16. The molecule has 0 saturated carbocycles. The Hall–Kier alpha value is -1.31. The number of hydrogen-bond acceptors (Lipinski definition) is 5. The van der Waals surface area contributed by atoms with Gasteiger partial charge in [-0.05, 0) is 19.1 Å². The summed E-state index contributed by atoms with van der Waals surface area (Å²) < 4.78 is 37.0. The summed E-state index contributed by atoms with van der Waals surface area (Å²) in [6.07, 6.45) is -0.108. The van der Waals surface area contributed by atoms with E-state index < -0.39 is 10.0 Å². The molecule has 106 valence electrons. The van der Waals surface area contributed by atoms with Crippen LogP contribution in [0.2, 0.25) is 0 Å². The molecule has 6 nitrogen and oxygen atoms in total. The molecule has 1 saturated heterocycles. The second-order valence-electron chi connectivity index (χ2n) is 4.45. The molecule has 0 amide bonds. The van der Waals surface area contributed by atoms with Crippen LogP contribution in [0.1, 0.15) is 6.92 Å². The fraction of sp³-hybridized carbons (Fsp3) is 0.500. The van der Waals surface area contributed by atoms with Crippen molar-refractivity contribution in [1.29, 1.82) is 0 Å². The number of hydrogen-bond donors (Lipinski definition) is 1. The first-order valence-corrected chi connectivity index (χ1v) is 7.44. The van der Waals surface area contributed by atoms with Crippen LogP contribution in [0, 0.1) is 0 Å². The Bertz CT molecular complexity index is 559. The van der Waals surface area contributed by atoms with E-state index in [1.165, 1.54) is 23.5 Å². The summed E-state index contributed by atoms with van der Waals surface area (Å²) in [5.74, 6) is 0.263. The number of methoxy groups -OCH3 is 1. The Morgan fingerprint density at radius 2 is 2.21 bits per heavy atom. The maximum absolute atomic E-state index is 12.6. The van der Waals surface area contributed by atoms with Crippen LogP contribution in [0.4, 0.5) is 5.69 Å². The maximum Gasteiger partial charge on any atom is 0.246 e. The van der Waals surface area contributed by atoms with E-state index in [0.717, 1.165) is 0 Å². The Balaban J connectivity index is 2.39. The summed E-state index contributed by atoms with van der Waals surface area (Å²) >= 11 is 0. The van der Waals surface area contributed by atoms with Gasteiger partial charge in [-0.2, -0.15) is 4.31 Å². The van der Waals surface area contributed by atoms with Crippen LogP contribution < -0.4 is 10.5 Å². The van der Waals surface area contributed by atoms with Gasteiger partial charge in [-0.1, -0.05) is 0 Å². The van der Waals surface area contributed by atoms with Crippen LogP contribution in [-0.4, -0.2) is 45.6 Å². The second kappa shape index (κ2) is 5.36. The molecule has 1 heterocycles. The normalized spacial score (nSPS) is 21.3. The number of benzene rings is 1. The van der Waals surface area contributed by atoms with Crippen molar-refractivity contribution in [2.75, 3.05) is 32.5 Å². The van der Waals surface area contributed by atoms with Crippen LogP contribution in [-0.2, 0) is 14.8 Å². The molecule has 1 aliphatic rings. The number of nitrogens with zero attached hydrogens (tertiary/aromatic N) is 1. The zero-order chi connectivity index (χ0) is 14.0. The molecule has 0 aliphatic carbocycles. The van der Waals surface area contributed by atoms with Gasteiger partial charge < -0.3 is 15.2 Å². The number of sulfonamides is 1. The molecule has 2 rings (SSSR count). The van der Waals surface area contributed by atoms with E-state index >= 15 is 0 Å². The average Bonchev–Trinajstić information content (AvgIpc) is 2.38. The Morgan fingerprint density at radius 1 is 1.47 bits per heavy atom. The Kier molecular flexibility index (Phi) is 3.98. The van der Waals surface area contributed by atoms with Gasteiger partial charge in [0.25, 0.3) is 0 Å². The SMILES string of the molecule is COc1cc(N)ccc1S(=O)(=O)N1CCOC(C)C1. The van der Waals surface area contributed by atoms with Crippen molar-refractivity contribution < 1.29 is 17.9 Å². The third-order valence-corrected chi connectivity index (χ3v) is 4.91. The minimum Gasteiger partial charge on any atom is -0.495 e. The number of anilines is 1. The monoisotopic (exact) mass is 286 g/mol. The quantitative estimate of drug-likeness (QED) is 0.827. The van der Waals surface area contributed by atoms with Gasteiger partial charge in [0, 0.05) is 24.8 Å². The molecule has 1 atom stereocenters. The standard InChI is InChI=1S/C12H18N2O4S/c1-9-8-14(5-6-18-9)19(15,16)12-4-3-10(13)7-11(12)17-2/h3-4,7,9H,5-6,8,13H2,1-2H3. The van der Waals surface area contributed by atoms with E-state index in [0.29, 0.717) is 25.4 Å². The summed E-state index contributed by atoms with van der Waals surface area (Å²) in [5.41, 5.74) is 6.10. The van der Waals surface area contributed by atoms with Crippen LogP contribution in [0.3, 0.4) is 0 Å². The number of morpholine rings is 1. The minimum absolute atomic E-state index is 0.108. The number of ether oxygens (including phenoxy) is 2. The van der Waals surface area contributed by atoms with E-state index in [1.807, 2.05) is 6.92 Å². The molecule has 0 aromatic heterocycles. The van der Waals surface area contributed by atoms with Crippen molar-refractivity contribution in [3.8, 4) is 5.75 Å². The lowest BCUT2D eigenvalue weighted by Gasteiger charge is -2.30. The van der Waals surface area contributed by atoms with Gasteiger partial charge in [0.15, 0.2) is 0 Å². The van der Waals surface area contributed by atoms with Crippen LogP contribution in [0.15, 0.2) is 23.1 Å². The van der Waals surface area contributed by atoms with Gasteiger partial charge in [0.1, 0.15) is 10.6 Å². The van der Waals surface area contributed by atoms with Crippen LogP contribution in [0.5, 0.6) is 5.75 Å². The van der Waals surface area contributed by atoms with E-state index in [9.17, 15) is 8.42 Å². The van der Waals surface area contributed by atoms with Gasteiger partial charge in [-0.3, -0.25) is 0 Å². The zero-order valence-corrected chi connectivity index (χ0v) is 11.8. The molecule has 1 aromatic rings. The molecule has 0 spiro atoms. The third kappa shape index (κ3) is 2.83. The predicted molar refractivity (Wildman–Crippen MR) is 71.6 cm³/mol.